The van der Waals surface area contributed by atoms with Gasteiger partial charge in [-0.05, 0) is 36.8 Å². The first-order valence-corrected chi connectivity index (χ1v) is 7.67. The summed E-state index contributed by atoms with van der Waals surface area (Å²) < 4.78 is 0. The number of anilines is 1. The second-order valence-electron chi connectivity index (χ2n) is 5.67. The van der Waals surface area contributed by atoms with Crippen LogP contribution in [0.3, 0.4) is 0 Å². The van der Waals surface area contributed by atoms with Crippen LogP contribution in [0.1, 0.15) is 29.8 Å². The molecule has 0 saturated heterocycles. The number of carbonyl (C=O) groups is 1. The van der Waals surface area contributed by atoms with E-state index in [2.05, 4.69) is 21.7 Å². The van der Waals surface area contributed by atoms with Crippen LogP contribution in [0, 0.1) is 11.3 Å². The van der Waals surface area contributed by atoms with E-state index in [-0.39, 0.29) is 12.1 Å². The third-order valence-corrected chi connectivity index (χ3v) is 3.54. The van der Waals surface area contributed by atoms with Crippen LogP contribution in [-0.2, 0) is 6.54 Å². The molecule has 0 aliphatic heterocycles. The van der Waals surface area contributed by atoms with Gasteiger partial charge in [-0.2, -0.15) is 5.26 Å². The Hall–Kier alpha value is -3.07. The number of pyridine rings is 1. The van der Waals surface area contributed by atoms with E-state index in [0.29, 0.717) is 12.1 Å². The number of amides is 2. The lowest BCUT2D eigenvalue weighted by Crippen LogP contribution is -2.36. The van der Waals surface area contributed by atoms with Gasteiger partial charge in [-0.1, -0.05) is 18.2 Å². The zero-order valence-corrected chi connectivity index (χ0v) is 14.1. The second-order valence-corrected chi connectivity index (χ2v) is 5.67. The summed E-state index contributed by atoms with van der Waals surface area (Å²) >= 11 is 0. The Morgan fingerprint density at radius 1 is 1.29 bits per heavy atom. The summed E-state index contributed by atoms with van der Waals surface area (Å²) in [4.78, 5) is 18.4. The fourth-order valence-electron chi connectivity index (χ4n) is 2.19. The zero-order valence-electron chi connectivity index (χ0n) is 14.1. The van der Waals surface area contributed by atoms with Gasteiger partial charge in [0.05, 0.1) is 29.9 Å². The number of hydrogen-bond donors (Lipinski definition) is 2. The van der Waals surface area contributed by atoms with E-state index in [4.69, 9.17) is 5.26 Å². The van der Waals surface area contributed by atoms with Crippen molar-refractivity contribution in [2.24, 2.45) is 0 Å². The van der Waals surface area contributed by atoms with Gasteiger partial charge in [0.1, 0.15) is 5.82 Å². The third kappa shape index (κ3) is 4.71. The van der Waals surface area contributed by atoms with Gasteiger partial charge in [0.2, 0.25) is 0 Å². The number of nitriles is 1. The molecule has 0 fully saturated rings. The normalized spacial score (nSPS) is 11.2. The minimum atomic E-state index is -0.276. The average molecular weight is 323 g/mol. The van der Waals surface area contributed by atoms with Crippen LogP contribution in [0.2, 0.25) is 0 Å². The first-order chi connectivity index (χ1) is 11.5. The Morgan fingerprint density at radius 3 is 2.75 bits per heavy atom. The van der Waals surface area contributed by atoms with E-state index in [0.717, 1.165) is 17.1 Å². The van der Waals surface area contributed by atoms with Gasteiger partial charge in [0.15, 0.2) is 0 Å². The molecule has 1 aromatic carbocycles. The molecular formula is C18H21N5O. The molecule has 124 valence electrons. The average Bonchev–Trinajstić information content (AvgIpc) is 2.60. The smallest absolute Gasteiger partial charge is 0.315 e. The van der Waals surface area contributed by atoms with Crippen LogP contribution in [-0.4, -0.2) is 25.1 Å². The summed E-state index contributed by atoms with van der Waals surface area (Å²) in [6.45, 7) is 2.22. The molecule has 0 radical (unpaired) electrons. The van der Waals surface area contributed by atoms with Crippen molar-refractivity contribution in [2.75, 3.05) is 19.0 Å². The minimum Gasteiger partial charge on any atom is -0.363 e. The van der Waals surface area contributed by atoms with Crippen molar-refractivity contribution >= 4 is 11.8 Å². The highest BCUT2D eigenvalue weighted by molar-refractivity contribution is 5.74. The molecular weight excluding hydrogens is 302 g/mol. The van der Waals surface area contributed by atoms with Gasteiger partial charge in [-0.3, -0.25) is 0 Å². The quantitative estimate of drug-likeness (QED) is 0.886. The highest BCUT2D eigenvalue weighted by Gasteiger charge is 2.10. The molecule has 0 aliphatic carbocycles. The number of nitrogens with one attached hydrogen (secondary N) is 2. The molecule has 0 aliphatic rings. The molecule has 2 amide bonds. The van der Waals surface area contributed by atoms with Crippen molar-refractivity contribution in [3.05, 3.63) is 59.3 Å². The molecule has 1 heterocycles. The van der Waals surface area contributed by atoms with Crippen LogP contribution < -0.4 is 15.5 Å². The van der Waals surface area contributed by atoms with Gasteiger partial charge in [-0.25, -0.2) is 9.78 Å². The maximum absolute atomic E-state index is 12.0. The molecule has 6 heteroatoms. The Kier molecular flexibility index (Phi) is 5.74. The van der Waals surface area contributed by atoms with Crippen molar-refractivity contribution in [1.29, 1.82) is 5.26 Å². The standard InChI is InChI=1S/C18H21N5O/c1-13(15-7-4-6-14(10-15)11-19)21-18(24)20-12-16-8-5-9-17(22-16)23(2)3/h4-10,13H,12H2,1-3H3,(H2,20,21,24)/t13-/m1/s1. The monoisotopic (exact) mass is 323 g/mol. The lowest BCUT2D eigenvalue weighted by molar-refractivity contribution is 0.237. The second kappa shape index (κ2) is 7.97. The lowest BCUT2D eigenvalue weighted by atomic mass is 10.1. The molecule has 6 nitrogen and oxygen atoms in total. The van der Waals surface area contributed by atoms with Crippen LogP contribution in [0.25, 0.3) is 0 Å². The maximum atomic E-state index is 12.0. The summed E-state index contributed by atoms with van der Waals surface area (Å²) in [6.07, 6.45) is 0. The van der Waals surface area contributed by atoms with Crippen LogP contribution >= 0.6 is 0 Å². The van der Waals surface area contributed by atoms with E-state index >= 15 is 0 Å². The van der Waals surface area contributed by atoms with Crippen molar-refractivity contribution in [1.82, 2.24) is 15.6 Å². The SMILES string of the molecule is C[C@@H](NC(=O)NCc1cccc(N(C)C)n1)c1cccc(C#N)c1. The molecule has 1 aromatic heterocycles. The highest BCUT2D eigenvalue weighted by atomic mass is 16.2. The number of aromatic nitrogens is 1. The number of carbonyl (C=O) groups excluding carboxylic acids is 1. The van der Waals surface area contributed by atoms with Crippen molar-refractivity contribution < 1.29 is 4.79 Å². The molecule has 2 N–H and O–H groups in total. The molecule has 2 aromatic rings. The van der Waals surface area contributed by atoms with Gasteiger partial charge in [0, 0.05) is 14.1 Å². The van der Waals surface area contributed by atoms with Gasteiger partial charge in [0.25, 0.3) is 0 Å². The lowest BCUT2D eigenvalue weighted by Gasteiger charge is -2.16. The summed E-state index contributed by atoms with van der Waals surface area (Å²) in [7, 11) is 3.84. The Balaban J connectivity index is 1.91. The molecule has 2 rings (SSSR count). The fraction of sp³-hybridized carbons (Fsp3) is 0.278. The molecule has 0 spiro atoms. The third-order valence-electron chi connectivity index (χ3n) is 3.54. The first kappa shape index (κ1) is 17.3. The van der Waals surface area contributed by atoms with Crippen molar-refractivity contribution in [2.45, 2.75) is 19.5 Å². The zero-order chi connectivity index (χ0) is 17.5. The topological polar surface area (TPSA) is 81.1 Å². The van der Waals surface area contributed by atoms with Crippen LogP contribution in [0.5, 0.6) is 0 Å². The summed E-state index contributed by atoms with van der Waals surface area (Å²) in [5.41, 5.74) is 2.25. The Morgan fingerprint density at radius 2 is 2.04 bits per heavy atom. The van der Waals surface area contributed by atoms with Gasteiger partial charge >= 0.3 is 6.03 Å². The Labute approximate surface area is 142 Å². The van der Waals surface area contributed by atoms with E-state index < -0.39 is 0 Å². The number of hydrogen-bond acceptors (Lipinski definition) is 4. The first-order valence-electron chi connectivity index (χ1n) is 7.67. The molecule has 0 unspecified atom stereocenters. The number of nitrogens with zero attached hydrogens (tertiary/aromatic N) is 3. The summed E-state index contributed by atoms with van der Waals surface area (Å²) in [5.74, 6) is 0.844. The minimum absolute atomic E-state index is 0.195. The van der Waals surface area contributed by atoms with E-state index in [1.54, 1.807) is 18.2 Å². The highest BCUT2D eigenvalue weighted by Crippen LogP contribution is 2.13. The molecule has 0 bridgehead atoms. The summed E-state index contributed by atoms with van der Waals surface area (Å²) in [5, 5.41) is 14.6. The molecule has 24 heavy (non-hydrogen) atoms. The maximum Gasteiger partial charge on any atom is 0.315 e. The van der Waals surface area contributed by atoms with Gasteiger partial charge < -0.3 is 15.5 Å². The van der Waals surface area contributed by atoms with E-state index in [9.17, 15) is 4.79 Å². The number of rotatable bonds is 5. The number of benzene rings is 1. The Bertz CT molecular complexity index is 751. The van der Waals surface area contributed by atoms with Crippen molar-refractivity contribution in [3.8, 4) is 6.07 Å². The van der Waals surface area contributed by atoms with Gasteiger partial charge in [-0.15, -0.1) is 0 Å². The van der Waals surface area contributed by atoms with E-state index in [1.807, 2.05) is 50.2 Å². The predicted octanol–water partition coefficient (Wildman–Crippen LogP) is 2.58. The molecule has 0 saturated carbocycles. The van der Waals surface area contributed by atoms with Crippen LogP contribution in [0.4, 0.5) is 10.6 Å². The fourth-order valence-corrected chi connectivity index (χ4v) is 2.19. The number of urea groups is 1. The molecule has 1 atom stereocenters. The predicted molar refractivity (Wildman–Crippen MR) is 93.5 cm³/mol. The van der Waals surface area contributed by atoms with E-state index in [1.165, 1.54) is 0 Å². The van der Waals surface area contributed by atoms with Crippen molar-refractivity contribution in [3.63, 3.8) is 0 Å². The summed E-state index contributed by atoms with van der Waals surface area (Å²) in [6, 6.07) is 14.5. The largest absolute Gasteiger partial charge is 0.363 e. The van der Waals surface area contributed by atoms with Crippen LogP contribution in [0.15, 0.2) is 42.5 Å².